The molecule has 0 atom stereocenters. The lowest BCUT2D eigenvalue weighted by atomic mass is 9.92. The van der Waals surface area contributed by atoms with Gasteiger partial charge in [-0.2, -0.15) is 4.31 Å². The van der Waals surface area contributed by atoms with Crippen molar-refractivity contribution in [2.24, 2.45) is 0 Å². The number of amides is 1. The number of hydrogen-bond donors (Lipinski definition) is 1. The van der Waals surface area contributed by atoms with Crippen LogP contribution in [0.2, 0.25) is 5.02 Å². The third-order valence-electron chi connectivity index (χ3n) is 5.67. The first kappa shape index (κ1) is 20.2. The standard InChI is InChI=1S/C21H23ClN2O4S/c22-17-6-8-20(25)19(14-17)21(26)23-9-11-24(12-10-23)29(27,28)18-7-5-15-3-1-2-4-16(15)13-18/h5-8,13-14,25H,1-4,9-12H2. The molecule has 1 heterocycles. The Bertz CT molecular complexity index is 1050. The molecule has 29 heavy (non-hydrogen) atoms. The molecular weight excluding hydrogens is 412 g/mol. The monoisotopic (exact) mass is 434 g/mol. The van der Waals surface area contributed by atoms with Crippen LogP contribution in [0.4, 0.5) is 0 Å². The number of phenolic OH excluding ortho intramolecular Hbond substituents is 1. The van der Waals surface area contributed by atoms with Crippen molar-refractivity contribution >= 4 is 27.5 Å². The fraction of sp³-hybridized carbons (Fsp3) is 0.381. The maximum atomic E-state index is 13.1. The number of halogens is 1. The Morgan fingerprint density at radius 2 is 1.62 bits per heavy atom. The van der Waals surface area contributed by atoms with Crippen molar-refractivity contribution in [2.75, 3.05) is 26.2 Å². The molecule has 0 aromatic heterocycles. The molecule has 1 aliphatic carbocycles. The van der Waals surface area contributed by atoms with Gasteiger partial charge in [-0.3, -0.25) is 4.79 Å². The second kappa shape index (κ2) is 7.97. The maximum Gasteiger partial charge on any atom is 0.257 e. The summed E-state index contributed by atoms with van der Waals surface area (Å²) in [5.74, 6) is -0.487. The number of aryl methyl sites for hydroxylation is 2. The highest BCUT2D eigenvalue weighted by Gasteiger charge is 2.31. The van der Waals surface area contributed by atoms with Crippen molar-refractivity contribution in [1.29, 1.82) is 0 Å². The first-order valence-electron chi connectivity index (χ1n) is 9.76. The van der Waals surface area contributed by atoms with Crippen molar-refractivity contribution in [2.45, 2.75) is 30.6 Å². The molecule has 2 aromatic carbocycles. The van der Waals surface area contributed by atoms with Crippen LogP contribution in [0, 0.1) is 0 Å². The molecule has 2 aromatic rings. The predicted octanol–water partition coefficient (Wildman–Crippen LogP) is 3.07. The van der Waals surface area contributed by atoms with E-state index in [1.807, 2.05) is 12.1 Å². The third-order valence-corrected chi connectivity index (χ3v) is 7.80. The molecule has 0 radical (unpaired) electrons. The van der Waals surface area contributed by atoms with Gasteiger partial charge >= 0.3 is 0 Å². The molecule has 6 nitrogen and oxygen atoms in total. The highest BCUT2D eigenvalue weighted by Crippen LogP contribution is 2.27. The van der Waals surface area contributed by atoms with E-state index >= 15 is 0 Å². The number of carbonyl (C=O) groups is 1. The van der Waals surface area contributed by atoms with Gasteiger partial charge in [0.1, 0.15) is 5.75 Å². The number of carbonyl (C=O) groups excluding carboxylic acids is 1. The van der Waals surface area contributed by atoms with Crippen molar-refractivity contribution in [3.63, 3.8) is 0 Å². The summed E-state index contributed by atoms with van der Waals surface area (Å²) in [7, 11) is -3.60. The molecular formula is C21H23ClN2O4S. The number of benzene rings is 2. The quantitative estimate of drug-likeness (QED) is 0.805. The summed E-state index contributed by atoms with van der Waals surface area (Å²) in [6.45, 7) is 0.947. The zero-order valence-electron chi connectivity index (χ0n) is 16.0. The Morgan fingerprint density at radius 3 is 2.34 bits per heavy atom. The number of aromatic hydroxyl groups is 1. The average Bonchev–Trinajstić information content (AvgIpc) is 2.74. The molecule has 154 valence electrons. The van der Waals surface area contributed by atoms with E-state index in [1.54, 1.807) is 11.0 Å². The zero-order chi connectivity index (χ0) is 20.6. The fourth-order valence-electron chi connectivity index (χ4n) is 4.00. The van der Waals surface area contributed by atoms with Crippen LogP contribution >= 0.6 is 11.6 Å². The molecule has 1 saturated heterocycles. The number of nitrogens with zero attached hydrogens (tertiary/aromatic N) is 2. The van der Waals surface area contributed by atoms with Crippen LogP contribution in [0.3, 0.4) is 0 Å². The average molecular weight is 435 g/mol. The Kier molecular flexibility index (Phi) is 5.55. The minimum absolute atomic E-state index is 0.128. The van der Waals surface area contributed by atoms with Crippen LogP contribution in [0.5, 0.6) is 5.75 Å². The van der Waals surface area contributed by atoms with Gasteiger partial charge in [0.05, 0.1) is 10.5 Å². The minimum atomic E-state index is -3.60. The van der Waals surface area contributed by atoms with E-state index in [2.05, 4.69) is 0 Å². The van der Waals surface area contributed by atoms with Crippen molar-refractivity contribution in [3.05, 3.63) is 58.1 Å². The number of piperazine rings is 1. The second-order valence-corrected chi connectivity index (χ2v) is 9.87. The van der Waals surface area contributed by atoms with Gasteiger partial charge in [-0.1, -0.05) is 17.7 Å². The molecule has 4 rings (SSSR count). The van der Waals surface area contributed by atoms with Crippen molar-refractivity contribution in [1.82, 2.24) is 9.21 Å². The lowest BCUT2D eigenvalue weighted by Crippen LogP contribution is -2.50. The van der Waals surface area contributed by atoms with Crippen LogP contribution < -0.4 is 0 Å². The molecule has 0 saturated carbocycles. The lowest BCUT2D eigenvalue weighted by molar-refractivity contribution is 0.0695. The van der Waals surface area contributed by atoms with Gasteiger partial charge in [0, 0.05) is 31.2 Å². The molecule has 0 bridgehead atoms. The largest absolute Gasteiger partial charge is 0.507 e. The smallest absolute Gasteiger partial charge is 0.257 e. The second-order valence-electron chi connectivity index (χ2n) is 7.50. The summed E-state index contributed by atoms with van der Waals surface area (Å²) in [6.07, 6.45) is 4.17. The van der Waals surface area contributed by atoms with E-state index < -0.39 is 10.0 Å². The van der Waals surface area contributed by atoms with Crippen LogP contribution in [0.1, 0.15) is 34.3 Å². The van der Waals surface area contributed by atoms with Gasteiger partial charge in [-0.05, 0) is 67.1 Å². The van der Waals surface area contributed by atoms with Crippen LogP contribution in [0.25, 0.3) is 0 Å². The van der Waals surface area contributed by atoms with E-state index in [9.17, 15) is 18.3 Å². The highest BCUT2D eigenvalue weighted by molar-refractivity contribution is 7.89. The van der Waals surface area contributed by atoms with Gasteiger partial charge in [-0.25, -0.2) is 8.42 Å². The zero-order valence-corrected chi connectivity index (χ0v) is 17.5. The van der Waals surface area contributed by atoms with Crippen LogP contribution in [-0.2, 0) is 22.9 Å². The molecule has 1 amide bonds. The van der Waals surface area contributed by atoms with Crippen molar-refractivity contribution < 1.29 is 18.3 Å². The number of fused-ring (bicyclic) bond motifs is 1. The molecule has 0 unspecified atom stereocenters. The fourth-order valence-corrected chi connectivity index (χ4v) is 5.65. The molecule has 1 N–H and O–H groups in total. The summed E-state index contributed by atoms with van der Waals surface area (Å²) >= 11 is 5.93. The Balaban J connectivity index is 1.47. The predicted molar refractivity (Wildman–Crippen MR) is 111 cm³/mol. The minimum Gasteiger partial charge on any atom is -0.507 e. The summed E-state index contributed by atoms with van der Waals surface area (Å²) in [4.78, 5) is 14.6. The Hall–Kier alpha value is -2.09. The van der Waals surface area contributed by atoms with Crippen molar-refractivity contribution in [3.8, 4) is 5.75 Å². The van der Waals surface area contributed by atoms with E-state index in [4.69, 9.17) is 11.6 Å². The first-order chi connectivity index (χ1) is 13.9. The van der Waals surface area contributed by atoms with Gasteiger partial charge in [0.2, 0.25) is 10.0 Å². The SMILES string of the molecule is O=C(c1cc(Cl)ccc1O)N1CCN(S(=O)(=O)c2ccc3c(c2)CCCC3)CC1. The van der Waals surface area contributed by atoms with Gasteiger partial charge in [0.25, 0.3) is 5.91 Å². The summed E-state index contributed by atoms with van der Waals surface area (Å²) in [5, 5.41) is 10.3. The van der Waals surface area contributed by atoms with E-state index in [-0.39, 0.29) is 43.4 Å². The molecule has 8 heteroatoms. The van der Waals surface area contributed by atoms with E-state index in [0.29, 0.717) is 9.92 Å². The van der Waals surface area contributed by atoms with Gasteiger partial charge in [-0.15, -0.1) is 0 Å². The number of phenols is 1. The molecule has 2 aliphatic rings. The molecule has 1 aliphatic heterocycles. The number of rotatable bonds is 3. The molecule has 0 spiro atoms. The van der Waals surface area contributed by atoms with Crippen LogP contribution in [0.15, 0.2) is 41.3 Å². The Morgan fingerprint density at radius 1 is 0.931 bits per heavy atom. The summed E-state index contributed by atoms with van der Waals surface area (Å²) in [6, 6.07) is 9.76. The number of sulfonamides is 1. The summed E-state index contributed by atoms with van der Waals surface area (Å²) in [5.41, 5.74) is 2.50. The van der Waals surface area contributed by atoms with Crippen LogP contribution in [-0.4, -0.2) is 54.8 Å². The topological polar surface area (TPSA) is 77.9 Å². The Labute approximate surface area is 175 Å². The highest BCUT2D eigenvalue weighted by atomic mass is 35.5. The third kappa shape index (κ3) is 3.99. The van der Waals surface area contributed by atoms with Gasteiger partial charge in [0.15, 0.2) is 0 Å². The normalized spacial score (nSPS) is 17.8. The van der Waals surface area contributed by atoms with E-state index in [0.717, 1.165) is 31.2 Å². The van der Waals surface area contributed by atoms with Gasteiger partial charge < -0.3 is 10.0 Å². The van der Waals surface area contributed by atoms with E-state index in [1.165, 1.54) is 28.1 Å². The summed E-state index contributed by atoms with van der Waals surface area (Å²) < 4.78 is 27.6. The first-order valence-corrected chi connectivity index (χ1v) is 11.6. The molecule has 1 fully saturated rings. The number of hydrogen-bond acceptors (Lipinski definition) is 4. The lowest BCUT2D eigenvalue weighted by Gasteiger charge is -2.34. The maximum absolute atomic E-state index is 13.1.